The van der Waals surface area contributed by atoms with Gasteiger partial charge in [-0.25, -0.2) is 4.79 Å². The first-order chi connectivity index (χ1) is 9.02. The van der Waals surface area contributed by atoms with Crippen molar-refractivity contribution in [1.82, 2.24) is 5.32 Å². The Balaban J connectivity index is 2.61. The fourth-order valence-corrected chi connectivity index (χ4v) is 1.46. The molecule has 5 nitrogen and oxygen atoms in total. The van der Waals surface area contributed by atoms with E-state index in [4.69, 9.17) is 11.6 Å². The molecule has 0 bridgehead atoms. The number of rotatable bonds is 5. The molecule has 7 heteroatoms. The Bertz CT molecular complexity index is 454. The first kappa shape index (κ1) is 15.8. The van der Waals surface area contributed by atoms with E-state index >= 15 is 0 Å². The third-order valence-corrected chi connectivity index (χ3v) is 2.73. The van der Waals surface area contributed by atoms with Crippen molar-refractivity contribution in [2.45, 2.75) is 11.8 Å². The van der Waals surface area contributed by atoms with Gasteiger partial charge in [0, 0.05) is 23.8 Å². The largest absolute Gasteiger partial charge is 0.337 e. The smallest absolute Gasteiger partial charge is 0.319 e. The summed E-state index contributed by atoms with van der Waals surface area (Å²) >= 11 is 8.65. The number of anilines is 2. The lowest BCUT2D eigenvalue weighted by atomic mass is 10.2. The molecule has 0 spiro atoms. The van der Waals surface area contributed by atoms with Gasteiger partial charge in [0.15, 0.2) is 0 Å². The number of alkyl halides is 2. The zero-order valence-electron chi connectivity index (χ0n) is 10.4. The molecule has 1 aromatic carbocycles. The molecule has 0 aliphatic rings. The van der Waals surface area contributed by atoms with Crippen LogP contribution in [0.5, 0.6) is 0 Å². The fraction of sp³-hybridized carbons (Fsp3) is 0.333. The number of nitrogens with one attached hydrogen (secondary N) is 3. The first-order valence-electron chi connectivity index (χ1n) is 5.68. The zero-order chi connectivity index (χ0) is 14.3. The van der Waals surface area contributed by atoms with E-state index in [9.17, 15) is 9.59 Å². The van der Waals surface area contributed by atoms with Crippen molar-refractivity contribution in [2.75, 3.05) is 23.1 Å². The molecule has 0 saturated heterocycles. The number of carbonyl (C=O) groups is 2. The topological polar surface area (TPSA) is 70.2 Å². The lowest BCUT2D eigenvalue weighted by molar-refractivity contribution is -0.115. The summed E-state index contributed by atoms with van der Waals surface area (Å²) < 4.78 is 0. The first-order valence-corrected chi connectivity index (χ1v) is 7.13. The van der Waals surface area contributed by atoms with Crippen LogP contribution in [0.3, 0.4) is 0 Å². The molecule has 3 N–H and O–H groups in total. The van der Waals surface area contributed by atoms with E-state index in [0.29, 0.717) is 23.8 Å². The molecule has 1 aromatic rings. The Kier molecular flexibility index (Phi) is 6.66. The van der Waals surface area contributed by atoms with Crippen molar-refractivity contribution >= 4 is 50.8 Å². The van der Waals surface area contributed by atoms with Gasteiger partial charge in [0.05, 0.1) is 4.83 Å². The number of amides is 3. The van der Waals surface area contributed by atoms with Crippen LogP contribution in [0.2, 0.25) is 0 Å². The number of hydrogen-bond donors (Lipinski definition) is 3. The van der Waals surface area contributed by atoms with Crippen LogP contribution < -0.4 is 16.0 Å². The minimum atomic E-state index is -0.335. The van der Waals surface area contributed by atoms with Gasteiger partial charge in [0.2, 0.25) is 5.91 Å². The van der Waals surface area contributed by atoms with Gasteiger partial charge in [0.25, 0.3) is 0 Å². The highest BCUT2D eigenvalue weighted by atomic mass is 79.9. The highest BCUT2D eigenvalue weighted by Crippen LogP contribution is 2.16. The van der Waals surface area contributed by atoms with Gasteiger partial charge < -0.3 is 16.0 Å². The molecule has 0 aliphatic carbocycles. The number of urea groups is 1. The molecule has 0 aromatic heterocycles. The van der Waals surface area contributed by atoms with Gasteiger partial charge >= 0.3 is 6.03 Å². The standard InChI is InChI=1S/C12H15BrClN3O2/c1-8(13)11(18)16-9-3-2-4-10(7-9)17-12(19)15-6-5-14/h2-4,7-8H,5-6H2,1H3,(H,16,18)(H2,15,17,19). The second-order valence-electron chi connectivity index (χ2n) is 3.76. The maximum absolute atomic E-state index is 11.5. The predicted octanol–water partition coefficient (Wildman–Crippen LogP) is 2.77. The fourth-order valence-electron chi connectivity index (χ4n) is 1.25. The van der Waals surface area contributed by atoms with Gasteiger partial charge in [-0.15, -0.1) is 11.6 Å². The Morgan fingerprint density at radius 1 is 1.32 bits per heavy atom. The van der Waals surface area contributed by atoms with Crippen molar-refractivity contribution < 1.29 is 9.59 Å². The van der Waals surface area contributed by atoms with Gasteiger partial charge in [-0.3, -0.25) is 4.79 Å². The third-order valence-electron chi connectivity index (χ3n) is 2.13. The van der Waals surface area contributed by atoms with Crippen LogP contribution in [0.1, 0.15) is 6.92 Å². The number of benzene rings is 1. The van der Waals surface area contributed by atoms with E-state index in [0.717, 1.165) is 0 Å². The molecule has 3 amide bonds. The van der Waals surface area contributed by atoms with Crippen molar-refractivity contribution in [1.29, 1.82) is 0 Å². The monoisotopic (exact) mass is 347 g/mol. The van der Waals surface area contributed by atoms with Crippen LogP contribution >= 0.6 is 27.5 Å². The van der Waals surface area contributed by atoms with Crippen LogP contribution in [0.15, 0.2) is 24.3 Å². The lowest BCUT2D eigenvalue weighted by Gasteiger charge is -2.10. The maximum atomic E-state index is 11.5. The van der Waals surface area contributed by atoms with E-state index in [1.165, 1.54) is 0 Å². The molecular weight excluding hydrogens is 334 g/mol. The summed E-state index contributed by atoms with van der Waals surface area (Å²) in [7, 11) is 0. The predicted molar refractivity (Wildman–Crippen MR) is 81.2 cm³/mol. The quantitative estimate of drug-likeness (QED) is 0.716. The summed E-state index contributed by atoms with van der Waals surface area (Å²) in [6, 6.07) is 6.56. The van der Waals surface area contributed by atoms with Gasteiger partial charge in [0.1, 0.15) is 0 Å². The summed E-state index contributed by atoms with van der Waals surface area (Å²) in [5.74, 6) is 0.205. The van der Waals surface area contributed by atoms with Gasteiger partial charge in [-0.05, 0) is 25.1 Å². The SMILES string of the molecule is CC(Br)C(=O)Nc1cccc(NC(=O)NCCCl)c1. The molecule has 0 saturated carbocycles. The Morgan fingerprint density at radius 3 is 2.53 bits per heavy atom. The molecule has 0 fully saturated rings. The lowest BCUT2D eigenvalue weighted by Crippen LogP contribution is -2.30. The molecule has 1 atom stereocenters. The normalized spacial score (nSPS) is 11.5. The number of halogens is 2. The van der Waals surface area contributed by atoms with E-state index < -0.39 is 0 Å². The summed E-state index contributed by atoms with van der Waals surface area (Å²) in [6.07, 6.45) is 0. The molecule has 1 rings (SSSR count). The van der Waals surface area contributed by atoms with Crippen molar-refractivity contribution in [2.24, 2.45) is 0 Å². The summed E-state index contributed by atoms with van der Waals surface area (Å²) in [5.41, 5.74) is 1.21. The van der Waals surface area contributed by atoms with E-state index in [2.05, 4.69) is 31.9 Å². The minimum Gasteiger partial charge on any atom is -0.337 e. The molecule has 0 heterocycles. The molecule has 104 valence electrons. The average molecular weight is 349 g/mol. The van der Waals surface area contributed by atoms with Crippen molar-refractivity contribution in [3.63, 3.8) is 0 Å². The van der Waals surface area contributed by atoms with E-state index in [-0.39, 0.29) is 16.8 Å². The second-order valence-corrected chi connectivity index (χ2v) is 5.51. The Hall–Kier alpha value is -1.27. The highest BCUT2D eigenvalue weighted by Gasteiger charge is 2.09. The van der Waals surface area contributed by atoms with Gasteiger partial charge in [-0.1, -0.05) is 22.0 Å². The van der Waals surface area contributed by atoms with Crippen LogP contribution in [0, 0.1) is 0 Å². The van der Waals surface area contributed by atoms with Crippen LogP contribution in [0.25, 0.3) is 0 Å². The van der Waals surface area contributed by atoms with Crippen LogP contribution in [-0.2, 0) is 4.79 Å². The minimum absolute atomic E-state index is 0.149. The maximum Gasteiger partial charge on any atom is 0.319 e. The summed E-state index contributed by atoms with van der Waals surface area (Å²) in [5, 5.41) is 7.95. The second kappa shape index (κ2) is 8.01. The molecule has 1 unspecified atom stereocenters. The van der Waals surface area contributed by atoms with E-state index in [1.807, 2.05) is 0 Å². The Morgan fingerprint density at radius 2 is 1.95 bits per heavy atom. The van der Waals surface area contributed by atoms with Crippen molar-refractivity contribution in [3.05, 3.63) is 24.3 Å². The van der Waals surface area contributed by atoms with Crippen LogP contribution in [-0.4, -0.2) is 29.2 Å². The summed E-state index contributed by atoms with van der Waals surface area (Å²) in [4.78, 5) is 22.7. The van der Waals surface area contributed by atoms with Crippen molar-refractivity contribution in [3.8, 4) is 0 Å². The number of carbonyl (C=O) groups excluding carboxylic acids is 2. The molecule has 19 heavy (non-hydrogen) atoms. The zero-order valence-corrected chi connectivity index (χ0v) is 12.7. The molecular formula is C12H15BrClN3O2. The van der Waals surface area contributed by atoms with Gasteiger partial charge in [-0.2, -0.15) is 0 Å². The molecule has 0 aliphatic heterocycles. The highest BCUT2D eigenvalue weighted by molar-refractivity contribution is 9.10. The average Bonchev–Trinajstić information content (AvgIpc) is 2.36. The summed E-state index contributed by atoms with van der Waals surface area (Å²) in [6.45, 7) is 2.13. The third kappa shape index (κ3) is 5.94. The van der Waals surface area contributed by atoms with E-state index in [1.54, 1.807) is 31.2 Å². The number of hydrogen-bond acceptors (Lipinski definition) is 2. The molecule has 0 radical (unpaired) electrons. The van der Waals surface area contributed by atoms with Crippen LogP contribution in [0.4, 0.5) is 16.2 Å². The Labute approximate surface area is 125 Å².